The van der Waals surface area contributed by atoms with Crippen LogP contribution in [0.4, 0.5) is 23.0 Å². The summed E-state index contributed by atoms with van der Waals surface area (Å²) in [7, 11) is 0. The zero-order chi connectivity index (χ0) is 38.6. The van der Waals surface area contributed by atoms with Gasteiger partial charge in [-0.2, -0.15) is 0 Å². The van der Waals surface area contributed by atoms with Crippen molar-refractivity contribution in [2.24, 2.45) is 0 Å². The Balaban J connectivity index is 0.000000208. The lowest BCUT2D eigenvalue weighted by Gasteiger charge is -2.12. The van der Waals surface area contributed by atoms with E-state index in [0.29, 0.717) is 28.9 Å². The lowest BCUT2D eigenvalue weighted by Crippen LogP contribution is -2.21. The molecule has 0 saturated heterocycles. The van der Waals surface area contributed by atoms with E-state index in [4.69, 9.17) is 18.5 Å². The Bertz CT molecular complexity index is 2080. The third-order valence-corrected chi connectivity index (χ3v) is 7.49. The average Bonchev–Trinajstić information content (AvgIpc) is 3.83. The van der Waals surface area contributed by atoms with Crippen LogP contribution in [0.2, 0.25) is 0 Å². The maximum Gasteiger partial charge on any atom is 0.244 e. The molecule has 280 valence electrons. The fourth-order valence-corrected chi connectivity index (χ4v) is 4.59. The molecular weight excluding hydrogens is 686 g/mol. The van der Waals surface area contributed by atoms with Gasteiger partial charge in [-0.05, 0) is 60.7 Å². The minimum Gasteiger partial charge on any atom is -0.457 e. The van der Waals surface area contributed by atoms with Gasteiger partial charge in [-0.1, -0.05) is 76.1 Å². The number of anilines is 4. The van der Waals surface area contributed by atoms with Crippen LogP contribution in [0.1, 0.15) is 53.1 Å². The van der Waals surface area contributed by atoms with Crippen LogP contribution in [0.25, 0.3) is 0 Å². The zero-order valence-electron chi connectivity index (χ0n) is 31.2. The van der Waals surface area contributed by atoms with Gasteiger partial charge < -0.3 is 39.8 Å². The van der Waals surface area contributed by atoms with E-state index in [1.807, 2.05) is 120 Å². The predicted octanol–water partition coefficient (Wildman–Crippen LogP) is 9.03. The van der Waals surface area contributed by atoms with Crippen molar-refractivity contribution in [3.63, 3.8) is 0 Å². The molecule has 13 heteroatoms. The third-order valence-electron chi connectivity index (χ3n) is 7.49. The quantitative estimate of drug-likeness (QED) is 0.0949. The van der Waals surface area contributed by atoms with E-state index >= 15 is 0 Å². The molecule has 6 rings (SSSR count). The molecule has 4 N–H and O–H groups in total. The second kappa shape index (κ2) is 17.7. The summed E-state index contributed by atoms with van der Waals surface area (Å²) < 4.78 is 22.0. The smallest absolute Gasteiger partial charge is 0.244 e. The molecule has 13 nitrogen and oxygen atoms in total. The highest BCUT2D eigenvalue weighted by Crippen LogP contribution is 2.27. The Labute approximate surface area is 314 Å². The normalized spacial score (nSPS) is 11.1. The predicted molar refractivity (Wildman–Crippen MR) is 208 cm³/mol. The summed E-state index contributed by atoms with van der Waals surface area (Å²) >= 11 is 0. The Morgan fingerprint density at radius 1 is 0.556 bits per heavy atom. The van der Waals surface area contributed by atoms with Crippen LogP contribution in [0.5, 0.6) is 23.0 Å². The largest absolute Gasteiger partial charge is 0.457 e. The molecule has 54 heavy (non-hydrogen) atoms. The molecule has 0 saturated carbocycles. The summed E-state index contributed by atoms with van der Waals surface area (Å²) in [5.74, 6) is 4.70. The molecule has 3 aromatic carbocycles. The summed E-state index contributed by atoms with van der Waals surface area (Å²) in [5.41, 5.74) is 1.27. The first-order valence-electron chi connectivity index (χ1n) is 17.3. The molecule has 0 aliphatic heterocycles. The molecule has 0 spiro atoms. The molecule has 0 atom stereocenters. The van der Waals surface area contributed by atoms with Crippen LogP contribution in [0.15, 0.2) is 125 Å². The lowest BCUT2D eigenvalue weighted by atomic mass is 9.93. The molecule has 0 radical (unpaired) electrons. The van der Waals surface area contributed by atoms with Gasteiger partial charge >= 0.3 is 0 Å². The molecule has 0 fully saturated rings. The van der Waals surface area contributed by atoms with Gasteiger partial charge in [0, 0.05) is 52.8 Å². The summed E-state index contributed by atoms with van der Waals surface area (Å²) in [6.07, 6.45) is 3.33. The van der Waals surface area contributed by atoms with Gasteiger partial charge in [-0.15, -0.1) is 0 Å². The van der Waals surface area contributed by atoms with Crippen molar-refractivity contribution >= 4 is 34.8 Å². The Morgan fingerprint density at radius 2 is 1.04 bits per heavy atom. The highest BCUT2D eigenvalue weighted by atomic mass is 16.5. The van der Waals surface area contributed by atoms with Crippen molar-refractivity contribution in [2.75, 3.05) is 34.4 Å². The summed E-state index contributed by atoms with van der Waals surface area (Å²) in [6.45, 7) is 12.3. The molecule has 0 aliphatic carbocycles. The minimum atomic E-state index is -0.218. The number of carbonyl (C=O) groups excluding carboxylic acids is 2. The van der Waals surface area contributed by atoms with E-state index in [1.165, 1.54) is 0 Å². The first kappa shape index (κ1) is 38.6. The summed E-state index contributed by atoms with van der Waals surface area (Å²) in [6, 6.07) is 31.4. The van der Waals surface area contributed by atoms with E-state index < -0.39 is 0 Å². The molecule has 6 aromatic rings. The number of rotatable bonds is 12. The maximum atomic E-state index is 12.1. The zero-order valence-corrected chi connectivity index (χ0v) is 31.2. The van der Waals surface area contributed by atoms with Crippen LogP contribution in [-0.4, -0.2) is 40.2 Å². The van der Waals surface area contributed by atoms with Gasteiger partial charge in [0.1, 0.15) is 34.5 Å². The molecule has 0 bridgehead atoms. The van der Waals surface area contributed by atoms with Crippen LogP contribution >= 0.6 is 0 Å². The van der Waals surface area contributed by atoms with Gasteiger partial charge in [0.2, 0.25) is 11.8 Å². The number of carbonyl (C=O) groups is 2. The van der Waals surface area contributed by atoms with Crippen LogP contribution < -0.4 is 30.7 Å². The van der Waals surface area contributed by atoms with Gasteiger partial charge in [0.25, 0.3) is 0 Å². The van der Waals surface area contributed by atoms with Gasteiger partial charge in [0.05, 0.1) is 13.1 Å². The van der Waals surface area contributed by atoms with Gasteiger partial charge in [-0.25, -0.2) is 0 Å². The molecule has 2 amide bonds. The number of nitrogens with zero attached hydrogens (tertiary/aromatic N) is 3. The van der Waals surface area contributed by atoms with Crippen molar-refractivity contribution < 1.29 is 28.1 Å². The molecule has 3 aromatic heterocycles. The number of benzene rings is 3. The second-order valence-electron chi connectivity index (χ2n) is 14.2. The monoisotopic (exact) mass is 731 g/mol. The van der Waals surface area contributed by atoms with Crippen molar-refractivity contribution in [3.05, 3.63) is 127 Å². The molecule has 0 aliphatic rings. The van der Waals surface area contributed by atoms with E-state index in [1.54, 1.807) is 36.7 Å². The van der Waals surface area contributed by atoms with Crippen molar-refractivity contribution in [1.29, 1.82) is 0 Å². The number of hydrogen-bond donors (Lipinski definition) is 4. The van der Waals surface area contributed by atoms with Crippen LogP contribution in [0, 0.1) is 0 Å². The molecule has 3 heterocycles. The first-order chi connectivity index (χ1) is 25.8. The Hall–Kier alpha value is -6.63. The Kier molecular flexibility index (Phi) is 12.7. The van der Waals surface area contributed by atoms with E-state index in [9.17, 15) is 9.59 Å². The van der Waals surface area contributed by atoms with Crippen molar-refractivity contribution in [2.45, 2.75) is 52.4 Å². The number of hydrogen-bond acceptors (Lipinski definition) is 11. The number of ether oxygens (including phenoxy) is 2. The van der Waals surface area contributed by atoms with Crippen molar-refractivity contribution in [3.8, 4) is 23.0 Å². The average molecular weight is 732 g/mol. The fourth-order valence-electron chi connectivity index (χ4n) is 4.59. The van der Waals surface area contributed by atoms with Crippen LogP contribution in [0.3, 0.4) is 0 Å². The number of amides is 2. The second-order valence-corrected chi connectivity index (χ2v) is 14.2. The number of aromatic nitrogens is 3. The van der Waals surface area contributed by atoms with Gasteiger partial charge in [-0.3, -0.25) is 14.6 Å². The Morgan fingerprint density at radius 3 is 1.57 bits per heavy atom. The minimum absolute atomic E-state index is 0.0937. The number of nitrogens with one attached hydrogen (secondary N) is 4. The molecule has 0 unspecified atom stereocenters. The van der Waals surface area contributed by atoms with Crippen molar-refractivity contribution in [1.82, 2.24) is 15.3 Å². The highest BCUT2D eigenvalue weighted by molar-refractivity contribution is 5.93. The fraction of sp³-hybridized carbons (Fsp3) is 0.244. The number of para-hydroxylation sites is 1. The topological polar surface area (TPSA) is 166 Å². The van der Waals surface area contributed by atoms with Gasteiger partial charge in [0.15, 0.2) is 11.6 Å². The summed E-state index contributed by atoms with van der Waals surface area (Å²) in [4.78, 5) is 28.2. The highest BCUT2D eigenvalue weighted by Gasteiger charge is 2.21. The maximum absolute atomic E-state index is 12.1. The van der Waals surface area contributed by atoms with Crippen LogP contribution in [-0.2, 0) is 20.4 Å². The summed E-state index contributed by atoms with van der Waals surface area (Å²) in [5, 5.41) is 19.3. The van der Waals surface area contributed by atoms with E-state index in [0.717, 1.165) is 28.6 Å². The first-order valence-corrected chi connectivity index (χ1v) is 17.3. The SMILES string of the molecule is CC(C)(C)c1cc(NC(=O)CNc2ccc(Oc3ccccc3)cc2)no1.CC(C)(C)c1cc(NC(=O)CNc2cccc(Oc3ccncc3)c2)no1. The lowest BCUT2D eigenvalue weighted by molar-refractivity contribution is -0.115. The third kappa shape index (κ3) is 12.3. The standard InChI is InChI=1S/C21H23N3O3.C20H22N4O3/c1-21(2,3)18-13-19(24-27-18)23-20(25)14-22-15-9-11-17(12-10-15)26-16-7-5-4-6-8-16;1-20(2,3)17-12-18(24-27-17)23-19(25)13-22-14-5-4-6-16(11-14)26-15-7-9-21-10-8-15/h4-13,22H,14H2,1-3H3,(H,23,24,25);4-12,22H,13H2,1-3H3,(H,23,24,25). The van der Waals surface area contributed by atoms with E-state index in [2.05, 4.69) is 36.6 Å². The van der Waals surface area contributed by atoms with E-state index in [-0.39, 0.29) is 35.7 Å². The number of pyridine rings is 1. The molecular formula is C41H45N7O6.